The molecule has 5 nitrogen and oxygen atoms in total. The Morgan fingerprint density at radius 1 is 1.07 bits per heavy atom. The van der Waals surface area contributed by atoms with Crippen molar-refractivity contribution in [3.05, 3.63) is 51.5 Å². The lowest BCUT2D eigenvalue weighted by Crippen LogP contribution is -2.36. The molecule has 29 heavy (non-hydrogen) atoms. The minimum atomic E-state index is -4.41. The molecule has 0 saturated heterocycles. The quantitative estimate of drug-likeness (QED) is 0.464. The Morgan fingerprint density at radius 3 is 2.28 bits per heavy atom. The van der Waals surface area contributed by atoms with Gasteiger partial charge in [-0.15, -0.1) is 11.3 Å². The van der Waals surface area contributed by atoms with Crippen molar-refractivity contribution in [2.45, 2.75) is 46.6 Å². The molecule has 0 saturated carbocycles. The first-order chi connectivity index (χ1) is 13.9. The first-order valence-electron chi connectivity index (χ1n) is 9.69. The molecule has 1 aromatic carbocycles. The second kappa shape index (κ2) is 11.2. The molecule has 0 aliphatic heterocycles. The number of aliphatic imine (C=N–C) groups is 1. The molecule has 1 heterocycles. The highest BCUT2D eigenvalue weighted by molar-refractivity contribution is 7.09. The van der Waals surface area contributed by atoms with Crippen LogP contribution >= 0.6 is 11.3 Å². The maximum absolute atomic E-state index is 12.7. The van der Waals surface area contributed by atoms with Crippen molar-refractivity contribution in [1.82, 2.24) is 20.5 Å². The fourth-order valence-electron chi connectivity index (χ4n) is 2.65. The van der Waals surface area contributed by atoms with Crippen LogP contribution < -0.4 is 10.6 Å². The number of benzene rings is 1. The number of nitrogens with zero attached hydrogens (tertiary/aromatic N) is 3. The minimum absolute atomic E-state index is 0.190. The molecule has 2 rings (SSSR count). The first kappa shape index (κ1) is 23.2. The number of guanidine groups is 1. The molecule has 0 aliphatic carbocycles. The van der Waals surface area contributed by atoms with E-state index in [2.05, 4.69) is 63.6 Å². The molecule has 0 unspecified atom stereocenters. The summed E-state index contributed by atoms with van der Waals surface area (Å²) in [6.07, 6.45) is -4.41. The molecule has 0 radical (unpaired) electrons. The Hall–Kier alpha value is -2.13. The Kier molecular flexibility index (Phi) is 8.91. The van der Waals surface area contributed by atoms with Gasteiger partial charge in [0.15, 0.2) is 11.7 Å². The van der Waals surface area contributed by atoms with E-state index in [9.17, 15) is 13.2 Å². The molecule has 0 fully saturated rings. The van der Waals surface area contributed by atoms with Crippen molar-refractivity contribution >= 4 is 17.3 Å². The van der Waals surface area contributed by atoms with E-state index in [4.69, 9.17) is 0 Å². The van der Waals surface area contributed by atoms with Gasteiger partial charge in [0, 0.05) is 18.5 Å². The smallest absolute Gasteiger partial charge is 0.357 e. The molecular formula is C20H28F3N5S. The molecular weight excluding hydrogens is 399 g/mol. The SMILES string of the molecule is CCNC(=NCc1ccc(CN(CC)CC)cc1)NCc1nc(C(F)(F)F)cs1. The van der Waals surface area contributed by atoms with Gasteiger partial charge in [-0.25, -0.2) is 9.98 Å². The van der Waals surface area contributed by atoms with Crippen LogP contribution in [-0.4, -0.2) is 35.5 Å². The van der Waals surface area contributed by atoms with Crippen LogP contribution in [0.3, 0.4) is 0 Å². The molecule has 1 aromatic heterocycles. The third-order valence-corrected chi connectivity index (χ3v) is 5.19. The Morgan fingerprint density at radius 2 is 1.72 bits per heavy atom. The van der Waals surface area contributed by atoms with E-state index in [1.807, 2.05) is 6.92 Å². The summed E-state index contributed by atoms with van der Waals surface area (Å²) in [7, 11) is 0. The second-order valence-electron chi connectivity index (χ2n) is 6.45. The van der Waals surface area contributed by atoms with Crippen LogP contribution in [0.1, 0.15) is 42.6 Å². The van der Waals surface area contributed by atoms with Crippen molar-refractivity contribution in [1.29, 1.82) is 0 Å². The normalized spacial score (nSPS) is 12.4. The summed E-state index contributed by atoms with van der Waals surface area (Å²) in [5, 5.41) is 7.53. The standard InChI is InChI=1S/C20H28F3N5S/c1-4-24-19(26-12-18-27-17(14-29-18)20(21,22)23)25-11-15-7-9-16(10-8-15)13-28(5-2)6-3/h7-10,14H,4-6,11-13H2,1-3H3,(H2,24,25,26). The summed E-state index contributed by atoms with van der Waals surface area (Å²) in [4.78, 5) is 10.5. The number of halogens is 3. The number of hydrogen-bond acceptors (Lipinski definition) is 4. The van der Waals surface area contributed by atoms with Gasteiger partial charge in [0.1, 0.15) is 5.01 Å². The Labute approximate surface area is 174 Å². The van der Waals surface area contributed by atoms with E-state index < -0.39 is 11.9 Å². The van der Waals surface area contributed by atoms with Gasteiger partial charge in [0.05, 0.1) is 13.1 Å². The van der Waals surface area contributed by atoms with Crippen molar-refractivity contribution in [3.8, 4) is 0 Å². The highest BCUT2D eigenvalue weighted by Gasteiger charge is 2.33. The highest BCUT2D eigenvalue weighted by atomic mass is 32.1. The van der Waals surface area contributed by atoms with Gasteiger partial charge in [-0.05, 0) is 31.1 Å². The van der Waals surface area contributed by atoms with Crippen LogP contribution in [0, 0.1) is 0 Å². The monoisotopic (exact) mass is 427 g/mol. The Balaban J connectivity index is 1.93. The van der Waals surface area contributed by atoms with Gasteiger partial charge in [-0.3, -0.25) is 4.90 Å². The lowest BCUT2D eigenvalue weighted by Gasteiger charge is -2.18. The van der Waals surface area contributed by atoms with E-state index in [-0.39, 0.29) is 6.54 Å². The van der Waals surface area contributed by atoms with Gasteiger partial charge in [0.25, 0.3) is 0 Å². The van der Waals surface area contributed by atoms with Gasteiger partial charge in [0.2, 0.25) is 0 Å². The summed E-state index contributed by atoms with van der Waals surface area (Å²) in [6, 6.07) is 8.33. The first-order valence-corrected chi connectivity index (χ1v) is 10.6. The maximum atomic E-state index is 12.7. The van der Waals surface area contributed by atoms with Gasteiger partial charge in [-0.1, -0.05) is 38.1 Å². The Bertz CT molecular complexity index is 767. The van der Waals surface area contributed by atoms with Crippen LogP contribution in [0.5, 0.6) is 0 Å². The van der Waals surface area contributed by atoms with Crippen molar-refractivity contribution in [3.63, 3.8) is 0 Å². The molecule has 160 valence electrons. The zero-order valence-electron chi connectivity index (χ0n) is 17.0. The van der Waals surface area contributed by atoms with Crippen LogP contribution in [0.4, 0.5) is 13.2 Å². The van der Waals surface area contributed by atoms with Gasteiger partial charge < -0.3 is 10.6 Å². The summed E-state index contributed by atoms with van der Waals surface area (Å²) in [5.74, 6) is 0.545. The number of aromatic nitrogens is 1. The van der Waals surface area contributed by atoms with E-state index in [0.717, 1.165) is 41.9 Å². The maximum Gasteiger partial charge on any atom is 0.434 e. The number of rotatable bonds is 9. The molecule has 0 amide bonds. The zero-order chi connectivity index (χ0) is 21.3. The minimum Gasteiger partial charge on any atom is -0.357 e. The van der Waals surface area contributed by atoms with Crippen molar-refractivity contribution < 1.29 is 13.2 Å². The number of thiazole rings is 1. The van der Waals surface area contributed by atoms with Crippen molar-refractivity contribution in [2.24, 2.45) is 4.99 Å². The predicted molar refractivity (Wildman–Crippen MR) is 112 cm³/mol. The lowest BCUT2D eigenvalue weighted by molar-refractivity contribution is -0.140. The molecule has 0 spiro atoms. The average Bonchev–Trinajstić information content (AvgIpc) is 3.19. The molecule has 9 heteroatoms. The lowest BCUT2D eigenvalue weighted by atomic mass is 10.1. The molecule has 0 bridgehead atoms. The van der Waals surface area contributed by atoms with Crippen LogP contribution in [0.25, 0.3) is 0 Å². The van der Waals surface area contributed by atoms with Crippen LogP contribution in [-0.2, 0) is 25.8 Å². The van der Waals surface area contributed by atoms with E-state index in [0.29, 0.717) is 24.1 Å². The topological polar surface area (TPSA) is 52.6 Å². The average molecular weight is 428 g/mol. The highest BCUT2D eigenvalue weighted by Crippen LogP contribution is 2.29. The number of nitrogens with one attached hydrogen (secondary N) is 2. The molecule has 0 atom stereocenters. The fourth-order valence-corrected chi connectivity index (χ4v) is 3.39. The van der Waals surface area contributed by atoms with Crippen LogP contribution in [0.2, 0.25) is 0 Å². The predicted octanol–water partition coefficient (Wildman–Crippen LogP) is 4.26. The van der Waals surface area contributed by atoms with E-state index in [1.165, 1.54) is 5.56 Å². The van der Waals surface area contributed by atoms with Crippen LogP contribution in [0.15, 0.2) is 34.6 Å². The third kappa shape index (κ3) is 7.66. The molecule has 2 aromatic rings. The third-order valence-electron chi connectivity index (χ3n) is 4.34. The molecule has 2 N–H and O–H groups in total. The number of alkyl halides is 3. The summed E-state index contributed by atoms with van der Waals surface area (Å²) in [6.45, 7) is 10.5. The second-order valence-corrected chi connectivity index (χ2v) is 7.39. The largest absolute Gasteiger partial charge is 0.434 e. The van der Waals surface area contributed by atoms with E-state index >= 15 is 0 Å². The number of hydrogen-bond donors (Lipinski definition) is 2. The van der Waals surface area contributed by atoms with E-state index in [1.54, 1.807) is 0 Å². The zero-order valence-corrected chi connectivity index (χ0v) is 17.8. The summed E-state index contributed by atoms with van der Waals surface area (Å²) >= 11 is 0.981. The molecule has 0 aliphatic rings. The van der Waals surface area contributed by atoms with Gasteiger partial charge >= 0.3 is 6.18 Å². The van der Waals surface area contributed by atoms with Gasteiger partial charge in [-0.2, -0.15) is 13.2 Å². The van der Waals surface area contributed by atoms with Crippen molar-refractivity contribution in [2.75, 3.05) is 19.6 Å². The fraction of sp³-hybridized carbons (Fsp3) is 0.500. The summed E-state index contributed by atoms with van der Waals surface area (Å²) in [5.41, 5.74) is 1.47. The summed E-state index contributed by atoms with van der Waals surface area (Å²) < 4.78 is 38.0.